The summed E-state index contributed by atoms with van der Waals surface area (Å²) < 4.78 is 13.0. The van der Waals surface area contributed by atoms with Gasteiger partial charge in [0.15, 0.2) is 11.5 Å². The Balaban J connectivity index is 1.40. The van der Waals surface area contributed by atoms with Crippen LogP contribution >= 0.6 is 0 Å². The van der Waals surface area contributed by atoms with Crippen molar-refractivity contribution in [1.29, 1.82) is 0 Å². The van der Waals surface area contributed by atoms with Crippen molar-refractivity contribution in [2.24, 2.45) is 0 Å². The van der Waals surface area contributed by atoms with Gasteiger partial charge in [0.1, 0.15) is 19.0 Å². The van der Waals surface area contributed by atoms with Crippen molar-refractivity contribution in [2.75, 3.05) is 20.3 Å². The molecule has 160 valence electrons. The molecule has 2 aliphatic heterocycles. The molecular formula is C24H25N3O4. The maximum Gasteiger partial charge on any atom is 0.261 e. The highest BCUT2D eigenvalue weighted by molar-refractivity contribution is 5.97. The number of nitrogens with zero attached hydrogens (tertiary/aromatic N) is 3. The fraction of sp³-hybridized carbons (Fsp3) is 0.375. The maximum absolute atomic E-state index is 13.1. The molecule has 0 atom stereocenters. The Labute approximate surface area is 180 Å². The van der Waals surface area contributed by atoms with E-state index in [-0.39, 0.29) is 11.5 Å². The van der Waals surface area contributed by atoms with E-state index in [4.69, 9.17) is 14.5 Å². The lowest BCUT2D eigenvalue weighted by molar-refractivity contribution is 0.0785. The number of carbonyl (C=O) groups is 1. The van der Waals surface area contributed by atoms with E-state index in [0.29, 0.717) is 42.0 Å². The van der Waals surface area contributed by atoms with Crippen LogP contribution in [0.3, 0.4) is 0 Å². The fourth-order valence-electron chi connectivity index (χ4n) is 4.30. The molecule has 0 aliphatic carbocycles. The first kappa shape index (κ1) is 19.6. The Hall–Kier alpha value is -3.35. The van der Waals surface area contributed by atoms with Crippen molar-refractivity contribution in [2.45, 2.75) is 38.8 Å². The molecule has 3 heterocycles. The minimum absolute atomic E-state index is 0.00877. The summed E-state index contributed by atoms with van der Waals surface area (Å²) >= 11 is 0. The zero-order valence-electron chi connectivity index (χ0n) is 17.6. The van der Waals surface area contributed by atoms with Crippen LogP contribution in [0.15, 0.2) is 41.2 Å². The molecule has 0 radical (unpaired) electrons. The predicted molar refractivity (Wildman–Crippen MR) is 117 cm³/mol. The van der Waals surface area contributed by atoms with E-state index in [9.17, 15) is 9.59 Å². The second-order valence-electron chi connectivity index (χ2n) is 8.17. The van der Waals surface area contributed by atoms with Crippen molar-refractivity contribution >= 4 is 16.8 Å². The van der Waals surface area contributed by atoms with Gasteiger partial charge in [-0.25, -0.2) is 4.98 Å². The first-order valence-electron chi connectivity index (χ1n) is 10.8. The number of fused-ring (bicyclic) bond motifs is 3. The van der Waals surface area contributed by atoms with Crippen LogP contribution < -0.4 is 15.0 Å². The van der Waals surface area contributed by atoms with Crippen LogP contribution in [0.4, 0.5) is 0 Å². The zero-order chi connectivity index (χ0) is 21.4. The standard InChI is InChI=1S/C24H25N3O4/c1-26(15-16-6-9-20-21(13-16)31-12-11-30-20)23(28)17-7-8-18-19(14-17)25-22-5-3-2-4-10-27(22)24(18)29/h6-9,13-14H,2-5,10-12,15H2,1H3. The molecule has 7 heteroatoms. The third kappa shape index (κ3) is 3.76. The SMILES string of the molecule is CN(Cc1ccc2c(c1)OCCO2)C(=O)c1ccc2c(=O)n3c(nc2c1)CCCCC3. The summed E-state index contributed by atoms with van der Waals surface area (Å²) in [6.07, 6.45) is 3.94. The highest BCUT2D eigenvalue weighted by Crippen LogP contribution is 2.31. The number of ether oxygens (including phenoxy) is 2. The molecule has 2 aromatic carbocycles. The van der Waals surface area contributed by atoms with Crippen LogP contribution in [0.2, 0.25) is 0 Å². The van der Waals surface area contributed by atoms with Crippen molar-refractivity contribution in [3.8, 4) is 11.5 Å². The summed E-state index contributed by atoms with van der Waals surface area (Å²) in [5, 5.41) is 0.566. The molecule has 0 unspecified atom stereocenters. The quantitative estimate of drug-likeness (QED) is 0.652. The van der Waals surface area contributed by atoms with Gasteiger partial charge in [0.05, 0.1) is 10.9 Å². The summed E-state index contributed by atoms with van der Waals surface area (Å²) in [5.74, 6) is 2.15. The molecule has 2 aliphatic rings. The number of rotatable bonds is 3. The predicted octanol–water partition coefficient (Wildman–Crippen LogP) is 3.17. The van der Waals surface area contributed by atoms with Gasteiger partial charge >= 0.3 is 0 Å². The molecule has 0 fully saturated rings. The molecule has 1 amide bonds. The van der Waals surface area contributed by atoms with Gasteiger partial charge in [0.25, 0.3) is 11.5 Å². The van der Waals surface area contributed by atoms with Crippen molar-refractivity contribution in [1.82, 2.24) is 14.5 Å². The summed E-state index contributed by atoms with van der Waals surface area (Å²) in [6, 6.07) is 10.9. The molecule has 5 rings (SSSR count). The minimum atomic E-state index is -0.117. The second kappa shape index (κ2) is 8.06. The maximum atomic E-state index is 13.1. The highest BCUT2D eigenvalue weighted by Gasteiger charge is 2.18. The van der Waals surface area contributed by atoms with Crippen LogP contribution in [0.25, 0.3) is 10.9 Å². The van der Waals surface area contributed by atoms with E-state index < -0.39 is 0 Å². The summed E-state index contributed by atoms with van der Waals surface area (Å²) in [5.41, 5.74) is 2.07. The summed E-state index contributed by atoms with van der Waals surface area (Å²) in [4.78, 5) is 32.4. The fourth-order valence-corrected chi connectivity index (χ4v) is 4.30. The monoisotopic (exact) mass is 419 g/mol. The molecule has 0 saturated carbocycles. The van der Waals surface area contributed by atoms with E-state index in [0.717, 1.165) is 49.4 Å². The number of aryl methyl sites for hydroxylation is 1. The zero-order valence-corrected chi connectivity index (χ0v) is 17.6. The minimum Gasteiger partial charge on any atom is -0.486 e. The Morgan fingerprint density at radius 1 is 1.06 bits per heavy atom. The van der Waals surface area contributed by atoms with Crippen LogP contribution in [0, 0.1) is 0 Å². The Morgan fingerprint density at radius 2 is 1.90 bits per heavy atom. The largest absolute Gasteiger partial charge is 0.486 e. The van der Waals surface area contributed by atoms with E-state index in [1.165, 1.54) is 0 Å². The Bertz CT molecular complexity index is 1220. The highest BCUT2D eigenvalue weighted by atomic mass is 16.6. The van der Waals surface area contributed by atoms with Crippen molar-refractivity contribution < 1.29 is 14.3 Å². The van der Waals surface area contributed by atoms with E-state index in [1.807, 2.05) is 18.2 Å². The molecule has 1 aromatic heterocycles. The van der Waals surface area contributed by atoms with Gasteiger partial charge in [0, 0.05) is 32.1 Å². The van der Waals surface area contributed by atoms with Gasteiger partial charge in [-0.2, -0.15) is 0 Å². The number of hydrogen-bond acceptors (Lipinski definition) is 5. The van der Waals surface area contributed by atoms with Gasteiger partial charge in [-0.1, -0.05) is 12.5 Å². The molecule has 0 spiro atoms. The first-order chi connectivity index (χ1) is 15.1. The molecule has 0 bridgehead atoms. The summed E-state index contributed by atoms with van der Waals surface area (Å²) in [7, 11) is 1.77. The van der Waals surface area contributed by atoms with Crippen LogP contribution in [-0.2, 0) is 19.5 Å². The third-order valence-corrected chi connectivity index (χ3v) is 5.94. The van der Waals surface area contributed by atoms with E-state index in [1.54, 1.807) is 34.7 Å². The van der Waals surface area contributed by atoms with Gasteiger partial charge in [-0.05, 0) is 48.7 Å². The van der Waals surface area contributed by atoms with E-state index >= 15 is 0 Å². The smallest absolute Gasteiger partial charge is 0.261 e. The van der Waals surface area contributed by atoms with Gasteiger partial charge in [0.2, 0.25) is 0 Å². The molecule has 7 nitrogen and oxygen atoms in total. The van der Waals surface area contributed by atoms with Gasteiger partial charge in [-0.15, -0.1) is 0 Å². The molecule has 3 aromatic rings. The Kier molecular flexibility index (Phi) is 5.10. The van der Waals surface area contributed by atoms with Gasteiger partial charge in [-0.3, -0.25) is 14.2 Å². The first-order valence-corrected chi connectivity index (χ1v) is 10.8. The van der Waals surface area contributed by atoms with E-state index in [2.05, 4.69) is 0 Å². The van der Waals surface area contributed by atoms with Gasteiger partial charge < -0.3 is 14.4 Å². The second-order valence-corrected chi connectivity index (χ2v) is 8.17. The normalized spacial score (nSPS) is 15.3. The van der Waals surface area contributed by atoms with Crippen LogP contribution in [0.1, 0.15) is 41.0 Å². The molecule has 0 N–H and O–H groups in total. The number of aromatic nitrogens is 2. The summed E-state index contributed by atoms with van der Waals surface area (Å²) in [6.45, 7) is 2.23. The van der Waals surface area contributed by atoms with Crippen molar-refractivity contribution in [3.63, 3.8) is 0 Å². The van der Waals surface area contributed by atoms with Crippen LogP contribution in [-0.4, -0.2) is 40.6 Å². The number of carbonyl (C=O) groups excluding carboxylic acids is 1. The topological polar surface area (TPSA) is 73.7 Å². The third-order valence-electron chi connectivity index (χ3n) is 5.94. The molecule has 31 heavy (non-hydrogen) atoms. The average Bonchev–Trinajstić information content (AvgIpc) is 3.04. The lowest BCUT2D eigenvalue weighted by Crippen LogP contribution is -2.27. The molecule has 0 saturated heterocycles. The Morgan fingerprint density at radius 3 is 2.77 bits per heavy atom. The number of benzene rings is 2. The number of amides is 1. The van der Waals surface area contributed by atoms with Crippen molar-refractivity contribution in [3.05, 3.63) is 63.7 Å². The number of hydrogen-bond donors (Lipinski definition) is 0. The lowest BCUT2D eigenvalue weighted by atomic mass is 10.1. The lowest BCUT2D eigenvalue weighted by Gasteiger charge is -2.21. The molecular weight excluding hydrogens is 394 g/mol. The van der Waals surface area contributed by atoms with Crippen LogP contribution in [0.5, 0.6) is 11.5 Å². The average molecular weight is 419 g/mol.